The van der Waals surface area contributed by atoms with Crippen molar-refractivity contribution in [3.8, 4) is 5.75 Å². The van der Waals surface area contributed by atoms with Crippen LogP contribution in [0.5, 0.6) is 5.75 Å². The van der Waals surface area contributed by atoms with Crippen LogP contribution in [0, 0.1) is 6.92 Å². The maximum atomic E-state index is 12.9. The molecular formula is C26H27NO2S. The standard InChI is InChI=1S/C26H27NO2S/c1-20-8-10-22(11-9-20)19-30-17-16-27-26(28)25(23-6-4-3-5-7-23)18-21-12-14-24(29-2)15-13-21/h3-15,18H,16-17,19H2,1-2H3,(H,27,28)/b25-18+. The number of aryl methyl sites for hydroxylation is 1. The monoisotopic (exact) mass is 417 g/mol. The van der Waals surface area contributed by atoms with Gasteiger partial charge in [0.2, 0.25) is 0 Å². The number of carbonyl (C=O) groups excluding carboxylic acids is 1. The Hall–Kier alpha value is -2.98. The van der Waals surface area contributed by atoms with Gasteiger partial charge in [-0.1, -0.05) is 72.3 Å². The van der Waals surface area contributed by atoms with Crippen molar-refractivity contribution in [3.05, 3.63) is 101 Å². The molecule has 154 valence electrons. The lowest BCUT2D eigenvalue weighted by Gasteiger charge is -2.10. The van der Waals surface area contributed by atoms with Crippen LogP contribution in [-0.4, -0.2) is 25.3 Å². The van der Waals surface area contributed by atoms with Crippen LogP contribution in [-0.2, 0) is 10.5 Å². The van der Waals surface area contributed by atoms with Gasteiger partial charge in [0.1, 0.15) is 5.75 Å². The molecule has 0 unspecified atom stereocenters. The van der Waals surface area contributed by atoms with Gasteiger partial charge in [-0.15, -0.1) is 0 Å². The molecule has 0 aliphatic heterocycles. The number of rotatable bonds is 9. The van der Waals surface area contributed by atoms with E-state index < -0.39 is 0 Å². The van der Waals surface area contributed by atoms with Gasteiger partial charge < -0.3 is 10.1 Å². The second-order valence-electron chi connectivity index (χ2n) is 6.99. The molecule has 30 heavy (non-hydrogen) atoms. The first kappa shape index (κ1) is 21.7. The third-order valence-corrected chi connectivity index (χ3v) is 5.71. The summed E-state index contributed by atoms with van der Waals surface area (Å²) in [5.74, 6) is 2.55. The zero-order valence-electron chi connectivity index (χ0n) is 17.4. The van der Waals surface area contributed by atoms with E-state index in [1.165, 1.54) is 11.1 Å². The SMILES string of the molecule is COc1ccc(/C=C(/C(=O)NCCSCc2ccc(C)cc2)c2ccccc2)cc1. The van der Waals surface area contributed by atoms with Crippen molar-refractivity contribution in [2.75, 3.05) is 19.4 Å². The smallest absolute Gasteiger partial charge is 0.251 e. The third-order valence-electron chi connectivity index (χ3n) is 4.68. The molecule has 0 radical (unpaired) electrons. The van der Waals surface area contributed by atoms with Crippen molar-refractivity contribution in [1.82, 2.24) is 5.32 Å². The van der Waals surface area contributed by atoms with E-state index in [1.807, 2.05) is 72.4 Å². The molecule has 0 fully saturated rings. The highest BCUT2D eigenvalue weighted by Crippen LogP contribution is 2.20. The van der Waals surface area contributed by atoms with E-state index in [2.05, 4.69) is 36.5 Å². The first-order chi connectivity index (χ1) is 14.7. The molecule has 0 aliphatic rings. The Morgan fingerprint density at radius 3 is 2.33 bits per heavy atom. The van der Waals surface area contributed by atoms with Gasteiger partial charge >= 0.3 is 0 Å². The zero-order chi connectivity index (χ0) is 21.2. The van der Waals surface area contributed by atoms with Gasteiger partial charge in [-0.3, -0.25) is 4.79 Å². The molecule has 0 saturated heterocycles. The first-order valence-electron chi connectivity index (χ1n) is 9.98. The highest BCUT2D eigenvalue weighted by atomic mass is 32.2. The predicted molar refractivity (Wildman–Crippen MR) is 128 cm³/mol. The van der Waals surface area contributed by atoms with E-state index in [9.17, 15) is 4.79 Å². The van der Waals surface area contributed by atoms with Crippen molar-refractivity contribution in [3.63, 3.8) is 0 Å². The quantitative estimate of drug-likeness (QED) is 0.280. The summed E-state index contributed by atoms with van der Waals surface area (Å²) in [5.41, 5.74) is 5.09. The van der Waals surface area contributed by atoms with E-state index in [-0.39, 0.29) is 5.91 Å². The number of carbonyl (C=O) groups is 1. The number of ether oxygens (including phenoxy) is 1. The average molecular weight is 418 g/mol. The number of thioether (sulfide) groups is 1. The van der Waals surface area contributed by atoms with Gasteiger partial charge in [0, 0.05) is 23.6 Å². The molecule has 0 aliphatic carbocycles. The van der Waals surface area contributed by atoms with Crippen molar-refractivity contribution in [2.24, 2.45) is 0 Å². The number of hydrogen-bond donors (Lipinski definition) is 1. The normalized spacial score (nSPS) is 11.2. The lowest BCUT2D eigenvalue weighted by atomic mass is 10.0. The Morgan fingerprint density at radius 2 is 1.67 bits per heavy atom. The summed E-state index contributed by atoms with van der Waals surface area (Å²) >= 11 is 1.82. The van der Waals surface area contributed by atoms with Crippen LogP contribution in [0.2, 0.25) is 0 Å². The zero-order valence-corrected chi connectivity index (χ0v) is 18.2. The number of methoxy groups -OCH3 is 1. The minimum absolute atomic E-state index is 0.0621. The Balaban J connectivity index is 1.60. The van der Waals surface area contributed by atoms with Crippen LogP contribution in [0.25, 0.3) is 11.6 Å². The van der Waals surface area contributed by atoms with Crippen LogP contribution < -0.4 is 10.1 Å². The van der Waals surface area contributed by atoms with Crippen molar-refractivity contribution < 1.29 is 9.53 Å². The van der Waals surface area contributed by atoms with Gasteiger partial charge in [-0.25, -0.2) is 0 Å². The minimum atomic E-state index is -0.0621. The van der Waals surface area contributed by atoms with Gasteiger partial charge in [0.15, 0.2) is 0 Å². The molecular weight excluding hydrogens is 390 g/mol. The predicted octanol–water partition coefficient (Wildman–Crippen LogP) is 5.59. The number of hydrogen-bond acceptors (Lipinski definition) is 3. The van der Waals surface area contributed by atoms with Crippen LogP contribution >= 0.6 is 11.8 Å². The Morgan fingerprint density at radius 1 is 0.967 bits per heavy atom. The van der Waals surface area contributed by atoms with Crippen molar-refractivity contribution >= 4 is 29.3 Å². The van der Waals surface area contributed by atoms with Crippen LogP contribution in [0.4, 0.5) is 0 Å². The fourth-order valence-electron chi connectivity index (χ4n) is 2.97. The topological polar surface area (TPSA) is 38.3 Å². The van der Waals surface area contributed by atoms with Crippen molar-refractivity contribution in [2.45, 2.75) is 12.7 Å². The molecule has 3 aromatic rings. The summed E-state index contributed by atoms with van der Waals surface area (Å²) in [6, 6.07) is 26.0. The molecule has 0 spiro atoms. The molecule has 0 aromatic heterocycles. The molecule has 3 rings (SSSR count). The number of nitrogens with one attached hydrogen (secondary N) is 1. The summed E-state index contributed by atoms with van der Waals surface area (Å²) in [7, 11) is 1.64. The molecule has 1 N–H and O–H groups in total. The molecule has 3 nitrogen and oxygen atoms in total. The Kier molecular flexibility index (Phi) is 8.16. The van der Waals surface area contributed by atoms with Gasteiger partial charge in [-0.05, 0) is 41.8 Å². The summed E-state index contributed by atoms with van der Waals surface area (Å²) in [5, 5.41) is 3.07. The average Bonchev–Trinajstić information content (AvgIpc) is 2.79. The summed E-state index contributed by atoms with van der Waals surface area (Å²) < 4.78 is 5.22. The van der Waals surface area contributed by atoms with E-state index >= 15 is 0 Å². The van der Waals surface area contributed by atoms with E-state index in [0.717, 1.165) is 28.4 Å². The molecule has 3 aromatic carbocycles. The lowest BCUT2D eigenvalue weighted by molar-refractivity contribution is -0.115. The van der Waals surface area contributed by atoms with Crippen LogP contribution in [0.3, 0.4) is 0 Å². The molecule has 4 heteroatoms. The minimum Gasteiger partial charge on any atom is -0.497 e. The molecule has 0 saturated carbocycles. The molecule has 0 atom stereocenters. The molecule has 0 bridgehead atoms. The highest BCUT2D eigenvalue weighted by Gasteiger charge is 2.11. The first-order valence-corrected chi connectivity index (χ1v) is 11.1. The maximum Gasteiger partial charge on any atom is 0.251 e. The van der Waals surface area contributed by atoms with E-state index in [4.69, 9.17) is 4.74 Å². The fraction of sp³-hybridized carbons (Fsp3) is 0.192. The second-order valence-corrected chi connectivity index (χ2v) is 8.10. The van der Waals surface area contributed by atoms with E-state index in [1.54, 1.807) is 7.11 Å². The number of benzene rings is 3. The summed E-state index contributed by atoms with van der Waals surface area (Å²) in [6.45, 7) is 2.72. The lowest BCUT2D eigenvalue weighted by Crippen LogP contribution is -2.26. The maximum absolute atomic E-state index is 12.9. The van der Waals surface area contributed by atoms with Crippen LogP contribution in [0.15, 0.2) is 78.9 Å². The Bertz CT molecular complexity index is 964. The fourth-order valence-corrected chi connectivity index (χ4v) is 3.79. The largest absolute Gasteiger partial charge is 0.497 e. The highest BCUT2D eigenvalue weighted by molar-refractivity contribution is 7.98. The third kappa shape index (κ3) is 6.53. The summed E-state index contributed by atoms with van der Waals surface area (Å²) in [4.78, 5) is 12.9. The van der Waals surface area contributed by atoms with Crippen molar-refractivity contribution in [1.29, 1.82) is 0 Å². The van der Waals surface area contributed by atoms with Gasteiger partial charge in [0.05, 0.1) is 7.11 Å². The molecule has 0 heterocycles. The van der Waals surface area contributed by atoms with Crippen LogP contribution in [0.1, 0.15) is 22.3 Å². The van der Waals surface area contributed by atoms with E-state index in [0.29, 0.717) is 12.1 Å². The van der Waals surface area contributed by atoms with Gasteiger partial charge in [-0.2, -0.15) is 11.8 Å². The number of amides is 1. The summed E-state index contributed by atoms with van der Waals surface area (Å²) in [6.07, 6.45) is 1.92. The van der Waals surface area contributed by atoms with Gasteiger partial charge in [0.25, 0.3) is 5.91 Å². The second kappa shape index (κ2) is 11.3. The molecule has 1 amide bonds. The Labute approximate surface area is 183 Å².